The summed E-state index contributed by atoms with van der Waals surface area (Å²) in [4.78, 5) is 26.0. The number of nitrogens with one attached hydrogen (secondary N) is 3. The summed E-state index contributed by atoms with van der Waals surface area (Å²) in [7, 11) is 0. The van der Waals surface area contributed by atoms with Crippen LogP contribution in [0.5, 0.6) is 0 Å². The number of carbonyl (C=O) groups is 1. The van der Waals surface area contributed by atoms with Gasteiger partial charge in [0.1, 0.15) is 18.0 Å². The molecular weight excluding hydrogens is 318 g/mol. The first kappa shape index (κ1) is 14.9. The molecule has 0 saturated carbocycles. The van der Waals surface area contributed by atoms with E-state index in [1.54, 1.807) is 12.5 Å². The minimum atomic E-state index is -0.943. The fraction of sp³-hybridized carbons (Fsp3) is 0.0556. The van der Waals surface area contributed by atoms with Crippen LogP contribution < -0.4 is 5.32 Å². The summed E-state index contributed by atoms with van der Waals surface area (Å²) in [5.41, 5.74) is 4.27. The number of rotatable bonds is 5. The first-order chi connectivity index (χ1) is 12.2. The number of hydrogen-bond acceptors (Lipinski definition) is 4. The van der Waals surface area contributed by atoms with Gasteiger partial charge in [-0.15, -0.1) is 0 Å². The Labute approximate surface area is 142 Å². The number of aromatic amines is 2. The molecule has 0 amide bonds. The molecule has 0 aliphatic carbocycles. The van der Waals surface area contributed by atoms with Crippen molar-refractivity contribution in [2.45, 2.75) is 0 Å². The summed E-state index contributed by atoms with van der Waals surface area (Å²) in [5, 5.41) is 12.6. The van der Waals surface area contributed by atoms with Gasteiger partial charge >= 0.3 is 5.97 Å². The minimum Gasteiger partial charge on any atom is -0.480 e. The van der Waals surface area contributed by atoms with Gasteiger partial charge in [0.05, 0.1) is 17.7 Å². The van der Waals surface area contributed by atoms with Gasteiger partial charge in [-0.25, -0.2) is 9.97 Å². The summed E-state index contributed by atoms with van der Waals surface area (Å²) in [6.07, 6.45) is 3.46. The van der Waals surface area contributed by atoms with Crippen LogP contribution >= 0.6 is 0 Å². The number of H-pyrrole nitrogens is 2. The zero-order valence-electron chi connectivity index (χ0n) is 13.2. The number of aromatic nitrogens is 4. The second-order valence-electron chi connectivity index (χ2n) is 5.53. The van der Waals surface area contributed by atoms with Gasteiger partial charge in [0.25, 0.3) is 0 Å². The number of carboxylic acids is 1. The van der Waals surface area contributed by atoms with Gasteiger partial charge in [0.2, 0.25) is 0 Å². The van der Waals surface area contributed by atoms with E-state index in [1.807, 2.05) is 42.5 Å². The summed E-state index contributed by atoms with van der Waals surface area (Å²) in [5.74, 6) is -0.456. The smallest absolute Gasteiger partial charge is 0.322 e. The number of carboxylic acid groups (broad SMARTS) is 1. The quantitative estimate of drug-likeness (QED) is 0.449. The second-order valence-corrected chi connectivity index (χ2v) is 5.53. The molecule has 3 heterocycles. The maximum Gasteiger partial charge on any atom is 0.322 e. The van der Waals surface area contributed by atoms with Gasteiger partial charge in [0, 0.05) is 22.7 Å². The molecule has 0 aliphatic heterocycles. The van der Waals surface area contributed by atoms with Crippen molar-refractivity contribution >= 4 is 22.8 Å². The van der Waals surface area contributed by atoms with Gasteiger partial charge < -0.3 is 20.4 Å². The average molecular weight is 333 g/mol. The molecule has 0 radical (unpaired) electrons. The largest absolute Gasteiger partial charge is 0.480 e. The lowest BCUT2D eigenvalue weighted by Crippen LogP contribution is -2.13. The lowest BCUT2D eigenvalue weighted by molar-refractivity contribution is -0.134. The standard InChI is InChI=1S/C18H15N5O2/c24-15(25)9-20-14-8-13(12-6-7-19-18(12)23-14)17-16(21-10-22-17)11-4-2-1-3-5-11/h1-8,10H,9H2,(H,21,22)(H,24,25)(H2,19,20,23). The van der Waals surface area contributed by atoms with E-state index in [0.717, 1.165) is 27.9 Å². The lowest BCUT2D eigenvalue weighted by Gasteiger charge is -2.09. The van der Waals surface area contributed by atoms with Gasteiger partial charge in [0.15, 0.2) is 0 Å². The Hall–Kier alpha value is -3.61. The second kappa shape index (κ2) is 6.12. The summed E-state index contributed by atoms with van der Waals surface area (Å²) >= 11 is 0. The number of hydrogen-bond donors (Lipinski definition) is 4. The van der Waals surface area contributed by atoms with Crippen LogP contribution in [0.1, 0.15) is 0 Å². The predicted octanol–water partition coefficient (Wildman–Crippen LogP) is 3.12. The Balaban J connectivity index is 1.85. The Morgan fingerprint density at radius 3 is 2.80 bits per heavy atom. The summed E-state index contributed by atoms with van der Waals surface area (Å²) < 4.78 is 0. The molecule has 0 fully saturated rings. The lowest BCUT2D eigenvalue weighted by atomic mass is 10.0. The molecule has 1 aromatic carbocycles. The molecule has 4 N–H and O–H groups in total. The number of anilines is 1. The van der Waals surface area contributed by atoms with Crippen LogP contribution in [0.2, 0.25) is 0 Å². The molecular formula is C18H15N5O2. The van der Waals surface area contributed by atoms with Crippen LogP contribution in [0.4, 0.5) is 5.82 Å². The highest BCUT2D eigenvalue weighted by Gasteiger charge is 2.15. The van der Waals surface area contributed by atoms with E-state index >= 15 is 0 Å². The molecule has 4 rings (SSSR count). The molecule has 7 nitrogen and oxygen atoms in total. The highest BCUT2D eigenvalue weighted by molar-refractivity contribution is 5.97. The predicted molar refractivity (Wildman–Crippen MR) is 95.2 cm³/mol. The Morgan fingerprint density at radius 2 is 2.00 bits per heavy atom. The Morgan fingerprint density at radius 1 is 1.16 bits per heavy atom. The van der Waals surface area contributed by atoms with Gasteiger partial charge in [-0.1, -0.05) is 30.3 Å². The number of nitrogens with zero attached hydrogens (tertiary/aromatic N) is 2. The van der Waals surface area contributed by atoms with Crippen molar-refractivity contribution in [3.05, 3.63) is 55.0 Å². The molecule has 0 spiro atoms. The average Bonchev–Trinajstić information content (AvgIpc) is 3.29. The molecule has 0 saturated heterocycles. The van der Waals surface area contributed by atoms with Crippen molar-refractivity contribution in [1.29, 1.82) is 0 Å². The molecule has 0 aliphatic rings. The number of pyridine rings is 1. The Kier molecular flexibility index (Phi) is 3.66. The molecule has 0 bridgehead atoms. The summed E-state index contributed by atoms with van der Waals surface area (Å²) in [6.45, 7) is -0.201. The zero-order chi connectivity index (χ0) is 17.2. The van der Waals surface area contributed by atoms with Crippen LogP contribution in [0.25, 0.3) is 33.5 Å². The maximum absolute atomic E-state index is 10.8. The van der Waals surface area contributed by atoms with Crippen molar-refractivity contribution < 1.29 is 9.90 Å². The molecule has 0 unspecified atom stereocenters. The topological polar surface area (TPSA) is 107 Å². The van der Waals surface area contributed by atoms with Gasteiger partial charge in [-0.3, -0.25) is 4.79 Å². The van der Waals surface area contributed by atoms with Gasteiger partial charge in [-0.2, -0.15) is 0 Å². The third-order valence-corrected chi connectivity index (χ3v) is 3.91. The maximum atomic E-state index is 10.8. The molecule has 7 heteroatoms. The van der Waals surface area contributed by atoms with Crippen LogP contribution in [-0.4, -0.2) is 37.6 Å². The molecule has 4 aromatic rings. The highest BCUT2D eigenvalue weighted by Crippen LogP contribution is 2.34. The molecule has 124 valence electrons. The number of benzene rings is 1. The first-order valence-electron chi connectivity index (χ1n) is 7.75. The third-order valence-electron chi connectivity index (χ3n) is 3.91. The van der Waals surface area contributed by atoms with Crippen molar-refractivity contribution in [3.63, 3.8) is 0 Å². The fourth-order valence-corrected chi connectivity index (χ4v) is 2.82. The number of aliphatic carboxylic acids is 1. The number of imidazole rings is 1. The van der Waals surface area contributed by atoms with Crippen LogP contribution in [-0.2, 0) is 4.79 Å². The van der Waals surface area contributed by atoms with Crippen molar-refractivity contribution in [3.8, 4) is 22.5 Å². The SMILES string of the molecule is O=C(O)CNc1cc(-c2[nH]cnc2-c2ccccc2)c2cc[nH]c2n1. The van der Waals surface area contributed by atoms with Crippen LogP contribution in [0.15, 0.2) is 55.0 Å². The van der Waals surface area contributed by atoms with Crippen LogP contribution in [0, 0.1) is 0 Å². The first-order valence-corrected chi connectivity index (χ1v) is 7.75. The van der Waals surface area contributed by atoms with E-state index in [-0.39, 0.29) is 6.54 Å². The van der Waals surface area contributed by atoms with E-state index in [9.17, 15) is 4.79 Å². The molecule has 0 atom stereocenters. The van der Waals surface area contributed by atoms with Crippen molar-refractivity contribution in [2.24, 2.45) is 0 Å². The minimum absolute atomic E-state index is 0.201. The number of fused-ring (bicyclic) bond motifs is 1. The van der Waals surface area contributed by atoms with E-state index < -0.39 is 5.97 Å². The zero-order valence-corrected chi connectivity index (χ0v) is 13.2. The van der Waals surface area contributed by atoms with Gasteiger partial charge in [-0.05, 0) is 12.1 Å². The van der Waals surface area contributed by atoms with Crippen LogP contribution in [0.3, 0.4) is 0 Å². The monoisotopic (exact) mass is 333 g/mol. The van der Waals surface area contributed by atoms with E-state index in [2.05, 4.69) is 25.3 Å². The Bertz CT molecular complexity index is 1040. The highest BCUT2D eigenvalue weighted by atomic mass is 16.4. The molecule has 3 aromatic heterocycles. The van der Waals surface area contributed by atoms with Crippen molar-refractivity contribution in [2.75, 3.05) is 11.9 Å². The van der Waals surface area contributed by atoms with Crippen molar-refractivity contribution in [1.82, 2.24) is 19.9 Å². The van der Waals surface area contributed by atoms with E-state index in [4.69, 9.17) is 5.11 Å². The fourth-order valence-electron chi connectivity index (χ4n) is 2.82. The molecule has 25 heavy (non-hydrogen) atoms. The normalized spacial score (nSPS) is 10.9. The summed E-state index contributed by atoms with van der Waals surface area (Å²) in [6, 6.07) is 13.7. The van der Waals surface area contributed by atoms with E-state index in [0.29, 0.717) is 11.5 Å². The van der Waals surface area contributed by atoms with E-state index in [1.165, 1.54) is 0 Å². The third kappa shape index (κ3) is 2.83.